The molecule has 1 heterocycles. The van der Waals surface area contributed by atoms with Crippen LogP contribution in [0, 0.1) is 5.82 Å². The molecule has 0 aliphatic heterocycles. The first kappa shape index (κ1) is 12.3. The van der Waals surface area contributed by atoms with Crippen molar-refractivity contribution in [1.29, 1.82) is 0 Å². The van der Waals surface area contributed by atoms with Crippen LogP contribution >= 0.6 is 11.6 Å². The third-order valence-electron chi connectivity index (χ3n) is 2.28. The molecule has 0 bridgehead atoms. The van der Waals surface area contributed by atoms with Crippen LogP contribution in [-0.2, 0) is 0 Å². The summed E-state index contributed by atoms with van der Waals surface area (Å²) in [6, 6.07) is 5.11. The van der Waals surface area contributed by atoms with Gasteiger partial charge in [0.1, 0.15) is 5.82 Å². The summed E-state index contributed by atoms with van der Waals surface area (Å²) in [4.78, 5) is 15.7. The number of nitrogens with two attached hydrogens (primary N) is 1. The first-order valence-electron chi connectivity index (χ1n) is 5.04. The third kappa shape index (κ3) is 2.57. The number of rotatable bonds is 2. The average Bonchev–Trinajstić information content (AvgIpc) is 2.32. The van der Waals surface area contributed by atoms with Gasteiger partial charge in [-0.2, -0.15) is 0 Å². The van der Waals surface area contributed by atoms with Gasteiger partial charge >= 0.3 is 0 Å². The molecule has 0 atom stereocenters. The minimum Gasteiger partial charge on any atom is -0.396 e. The minimum atomic E-state index is -0.500. The topological polar surface area (TPSA) is 68.0 Å². The molecule has 4 nitrogen and oxygen atoms in total. The predicted octanol–water partition coefficient (Wildman–Crippen LogP) is 2.71. The van der Waals surface area contributed by atoms with Crippen LogP contribution in [0.1, 0.15) is 10.4 Å². The van der Waals surface area contributed by atoms with Gasteiger partial charge in [0.25, 0.3) is 5.91 Å². The summed E-state index contributed by atoms with van der Waals surface area (Å²) in [5.74, 6) is -0.960. The molecule has 0 saturated heterocycles. The first-order chi connectivity index (χ1) is 8.58. The molecule has 1 aromatic heterocycles. The zero-order valence-electron chi connectivity index (χ0n) is 9.15. The second-order valence-electron chi connectivity index (χ2n) is 3.54. The lowest BCUT2D eigenvalue weighted by atomic mass is 10.2. The molecular weight excluding hydrogens is 257 g/mol. The lowest BCUT2D eigenvalue weighted by Crippen LogP contribution is -2.13. The Hall–Kier alpha value is -2.14. The van der Waals surface area contributed by atoms with Crippen molar-refractivity contribution in [2.75, 3.05) is 11.1 Å². The number of nitrogens with one attached hydrogen (secondary N) is 1. The molecule has 0 aliphatic rings. The first-order valence-corrected chi connectivity index (χ1v) is 5.41. The Labute approximate surface area is 108 Å². The number of carbonyl (C=O) groups excluding carboxylic acids is 1. The zero-order valence-corrected chi connectivity index (χ0v) is 9.91. The molecule has 6 heteroatoms. The molecule has 0 fully saturated rings. The van der Waals surface area contributed by atoms with Gasteiger partial charge in [0.05, 0.1) is 28.2 Å². The van der Waals surface area contributed by atoms with Crippen molar-refractivity contribution in [3.05, 3.63) is 53.1 Å². The lowest BCUT2D eigenvalue weighted by molar-refractivity contribution is 0.102. The third-order valence-corrected chi connectivity index (χ3v) is 2.59. The molecular formula is C12H9ClFN3O. The van der Waals surface area contributed by atoms with E-state index < -0.39 is 11.7 Å². The quantitative estimate of drug-likeness (QED) is 0.877. The molecule has 18 heavy (non-hydrogen) atoms. The Kier molecular flexibility index (Phi) is 3.43. The minimum absolute atomic E-state index is 0.0418. The average molecular weight is 266 g/mol. The van der Waals surface area contributed by atoms with Crippen LogP contribution in [0.4, 0.5) is 15.8 Å². The van der Waals surface area contributed by atoms with E-state index >= 15 is 0 Å². The van der Waals surface area contributed by atoms with Gasteiger partial charge in [0.2, 0.25) is 0 Å². The van der Waals surface area contributed by atoms with Gasteiger partial charge in [-0.1, -0.05) is 11.6 Å². The second-order valence-corrected chi connectivity index (χ2v) is 3.95. The molecule has 1 amide bonds. The summed E-state index contributed by atoms with van der Waals surface area (Å²) in [5.41, 5.74) is 6.58. The van der Waals surface area contributed by atoms with Gasteiger partial charge in [-0.25, -0.2) is 4.39 Å². The highest BCUT2D eigenvalue weighted by Gasteiger charge is 2.12. The molecule has 3 N–H and O–H groups in total. The number of carbonyl (C=O) groups is 1. The van der Waals surface area contributed by atoms with Gasteiger partial charge in [-0.15, -0.1) is 0 Å². The van der Waals surface area contributed by atoms with Crippen LogP contribution in [-0.4, -0.2) is 10.9 Å². The maximum absolute atomic E-state index is 12.9. The van der Waals surface area contributed by atoms with E-state index in [0.717, 1.165) is 12.1 Å². The standard InChI is InChI=1S/C12H9ClFN3O/c13-9-5-7(14)1-2-8(9)12(18)17-11-3-4-16-6-10(11)15/h1-6H,15H2,(H,16,17,18). The highest BCUT2D eigenvalue weighted by atomic mass is 35.5. The number of nitrogens with zero attached hydrogens (tertiary/aromatic N) is 1. The number of benzene rings is 1. The highest BCUT2D eigenvalue weighted by Crippen LogP contribution is 2.21. The Morgan fingerprint density at radius 1 is 1.39 bits per heavy atom. The summed E-state index contributed by atoms with van der Waals surface area (Å²) >= 11 is 5.79. The van der Waals surface area contributed by atoms with Crippen LogP contribution in [0.3, 0.4) is 0 Å². The second kappa shape index (κ2) is 5.01. The maximum Gasteiger partial charge on any atom is 0.257 e. The van der Waals surface area contributed by atoms with Gasteiger partial charge in [0, 0.05) is 6.20 Å². The smallest absolute Gasteiger partial charge is 0.257 e. The molecule has 2 aromatic rings. The summed E-state index contributed by atoms with van der Waals surface area (Å²) in [7, 11) is 0. The summed E-state index contributed by atoms with van der Waals surface area (Å²) in [6.07, 6.45) is 2.92. The largest absolute Gasteiger partial charge is 0.396 e. The molecule has 0 aliphatic carbocycles. The normalized spacial score (nSPS) is 10.1. The van der Waals surface area contributed by atoms with Gasteiger partial charge in [-0.3, -0.25) is 9.78 Å². The Bertz CT molecular complexity index is 604. The van der Waals surface area contributed by atoms with Crippen molar-refractivity contribution < 1.29 is 9.18 Å². The van der Waals surface area contributed by atoms with Gasteiger partial charge < -0.3 is 11.1 Å². The predicted molar refractivity (Wildman–Crippen MR) is 68.0 cm³/mol. The number of pyridine rings is 1. The molecule has 1 aromatic carbocycles. The van der Waals surface area contributed by atoms with E-state index in [9.17, 15) is 9.18 Å². The molecule has 0 saturated carbocycles. The molecule has 92 valence electrons. The SMILES string of the molecule is Nc1cnccc1NC(=O)c1ccc(F)cc1Cl. The highest BCUT2D eigenvalue weighted by molar-refractivity contribution is 6.34. The summed E-state index contributed by atoms with van der Waals surface area (Å²) < 4.78 is 12.9. The maximum atomic E-state index is 12.9. The lowest BCUT2D eigenvalue weighted by Gasteiger charge is -2.08. The number of amides is 1. The van der Waals surface area contributed by atoms with E-state index in [1.54, 1.807) is 6.07 Å². The molecule has 0 unspecified atom stereocenters. The van der Waals surface area contributed by atoms with E-state index in [2.05, 4.69) is 10.3 Å². The number of aromatic nitrogens is 1. The zero-order chi connectivity index (χ0) is 13.1. The van der Waals surface area contributed by atoms with Crippen molar-refractivity contribution in [2.24, 2.45) is 0 Å². The van der Waals surface area contributed by atoms with Crippen LogP contribution < -0.4 is 11.1 Å². The number of nitrogen functional groups attached to an aromatic ring is 1. The molecule has 2 rings (SSSR count). The number of hydrogen-bond donors (Lipinski definition) is 2. The van der Waals surface area contributed by atoms with Crippen molar-refractivity contribution >= 4 is 28.9 Å². The van der Waals surface area contributed by atoms with Crippen molar-refractivity contribution in [3.8, 4) is 0 Å². The van der Waals surface area contributed by atoms with Crippen molar-refractivity contribution in [3.63, 3.8) is 0 Å². The number of halogens is 2. The van der Waals surface area contributed by atoms with Gasteiger partial charge in [-0.05, 0) is 24.3 Å². The fraction of sp³-hybridized carbons (Fsp3) is 0. The van der Waals surface area contributed by atoms with E-state index in [0.29, 0.717) is 11.4 Å². The summed E-state index contributed by atoms with van der Waals surface area (Å²) in [5, 5.41) is 2.62. The monoisotopic (exact) mass is 265 g/mol. The van der Waals surface area contributed by atoms with Crippen LogP contribution in [0.25, 0.3) is 0 Å². The van der Waals surface area contributed by atoms with Crippen LogP contribution in [0.5, 0.6) is 0 Å². The van der Waals surface area contributed by atoms with Crippen molar-refractivity contribution in [1.82, 2.24) is 4.98 Å². The fourth-order valence-electron chi connectivity index (χ4n) is 1.38. The van der Waals surface area contributed by atoms with Crippen LogP contribution in [0.2, 0.25) is 5.02 Å². The van der Waals surface area contributed by atoms with E-state index in [4.69, 9.17) is 17.3 Å². The molecule has 0 spiro atoms. The fourth-order valence-corrected chi connectivity index (χ4v) is 1.64. The van der Waals surface area contributed by atoms with E-state index in [1.807, 2.05) is 0 Å². The number of hydrogen-bond acceptors (Lipinski definition) is 3. The van der Waals surface area contributed by atoms with Crippen LogP contribution in [0.15, 0.2) is 36.7 Å². The Balaban J connectivity index is 2.25. The van der Waals surface area contributed by atoms with E-state index in [1.165, 1.54) is 18.5 Å². The Morgan fingerprint density at radius 3 is 2.83 bits per heavy atom. The molecule has 0 radical (unpaired) electrons. The van der Waals surface area contributed by atoms with Gasteiger partial charge in [0.15, 0.2) is 0 Å². The number of anilines is 2. The van der Waals surface area contributed by atoms with E-state index in [-0.39, 0.29) is 10.6 Å². The van der Waals surface area contributed by atoms with Crippen molar-refractivity contribution in [2.45, 2.75) is 0 Å². The Morgan fingerprint density at radius 2 is 2.17 bits per heavy atom. The summed E-state index contributed by atoms with van der Waals surface area (Å²) in [6.45, 7) is 0.